The largest absolute Gasteiger partial charge is 0.484 e. The molecule has 2 rings (SSSR count). The van der Waals surface area contributed by atoms with Crippen molar-refractivity contribution in [3.63, 3.8) is 0 Å². The Labute approximate surface area is 129 Å². The van der Waals surface area contributed by atoms with Gasteiger partial charge in [-0.2, -0.15) is 0 Å². The van der Waals surface area contributed by atoms with Gasteiger partial charge in [-0.15, -0.1) is 0 Å². The van der Waals surface area contributed by atoms with Crippen molar-refractivity contribution in [2.45, 2.75) is 0 Å². The van der Waals surface area contributed by atoms with E-state index in [9.17, 15) is 14.0 Å². The zero-order chi connectivity index (χ0) is 15.2. The molecule has 108 valence electrons. The van der Waals surface area contributed by atoms with E-state index in [4.69, 9.17) is 4.74 Å². The SMILES string of the molecule is O=Cc1cc(F)cc(OCC(=O)Nc2ccccc2Br)c1. The average Bonchev–Trinajstić information content (AvgIpc) is 2.47. The van der Waals surface area contributed by atoms with E-state index in [1.807, 2.05) is 6.07 Å². The lowest BCUT2D eigenvalue weighted by Crippen LogP contribution is -2.20. The molecule has 6 heteroatoms. The van der Waals surface area contributed by atoms with Crippen LogP contribution in [0.4, 0.5) is 10.1 Å². The third-order valence-electron chi connectivity index (χ3n) is 2.55. The molecule has 21 heavy (non-hydrogen) atoms. The van der Waals surface area contributed by atoms with Crippen molar-refractivity contribution >= 4 is 33.8 Å². The Balaban J connectivity index is 1.97. The molecule has 2 aromatic carbocycles. The molecule has 4 nitrogen and oxygen atoms in total. The molecule has 0 saturated heterocycles. The number of hydrogen-bond acceptors (Lipinski definition) is 3. The lowest BCUT2D eigenvalue weighted by Gasteiger charge is -2.09. The zero-order valence-electron chi connectivity index (χ0n) is 10.8. The van der Waals surface area contributed by atoms with Crippen molar-refractivity contribution < 1.29 is 18.7 Å². The maximum Gasteiger partial charge on any atom is 0.262 e. The van der Waals surface area contributed by atoms with E-state index in [-0.39, 0.29) is 23.8 Å². The Hall–Kier alpha value is -2.21. The van der Waals surface area contributed by atoms with Gasteiger partial charge in [-0.3, -0.25) is 9.59 Å². The number of carbonyl (C=O) groups excluding carboxylic acids is 2. The van der Waals surface area contributed by atoms with Crippen LogP contribution >= 0.6 is 15.9 Å². The van der Waals surface area contributed by atoms with Gasteiger partial charge in [0.2, 0.25) is 0 Å². The molecule has 0 heterocycles. The summed E-state index contributed by atoms with van der Waals surface area (Å²) in [5, 5.41) is 2.65. The van der Waals surface area contributed by atoms with Crippen LogP contribution in [0.5, 0.6) is 5.75 Å². The van der Waals surface area contributed by atoms with Gasteiger partial charge >= 0.3 is 0 Å². The van der Waals surface area contributed by atoms with Crippen LogP contribution in [0.15, 0.2) is 46.9 Å². The summed E-state index contributed by atoms with van der Waals surface area (Å²) in [5.74, 6) is -0.862. The Morgan fingerprint density at radius 1 is 1.29 bits per heavy atom. The fourth-order valence-corrected chi connectivity index (χ4v) is 2.02. The standard InChI is InChI=1S/C15H11BrFNO3/c16-13-3-1-2-4-14(13)18-15(20)9-21-12-6-10(8-19)5-11(17)7-12/h1-8H,9H2,(H,18,20). The van der Waals surface area contributed by atoms with E-state index in [0.29, 0.717) is 12.0 Å². The Morgan fingerprint density at radius 2 is 2.05 bits per heavy atom. The number of halogens is 2. The molecule has 0 aliphatic heterocycles. The van der Waals surface area contributed by atoms with Crippen molar-refractivity contribution in [2.24, 2.45) is 0 Å². The Kier molecular flexibility index (Phi) is 5.05. The molecule has 0 fully saturated rings. The van der Waals surface area contributed by atoms with Crippen LogP contribution < -0.4 is 10.1 Å². The van der Waals surface area contributed by atoms with Gasteiger partial charge in [-0.1, -0.05) is 12.1 Å². The summed E-state index contributed by atoms with van der Waals surface area (Å²) >= 11 is 3.31. The van der Waals surface area contributed by atoms with Gasteiger partial charge < -0.3 is 10.1 Å². The molecule has 0 aliphatic rings. The number of rotatable bonds is 5. The number of amides is 1. The number of nitrogens with one attached hydrogen (secondary N) is 1. The summed E-state index contributed by atoms with van der Waals surface area (Å²) in [6.07, 6.45) is 0.511. The van der Waals surface area contributed by atoms with Crippen LogP contribution in [0.3, 0.4) is 0 Å². The quantitative estimate of drug-likeness (QED) is 0.839. The van der Waals surface area contributed by atoms with Crippen LogP contribution in [0.2, 0.25) is 0 Å². The smallest absolute Gasteiger partial charge is 0.262 e. The second kappa shape index (κ2) is 6.99. The highest BCUT2D eigenvalue weighted by Crippen LogP contribution is 2.21. The van der Waals surface area contributed by atoms with Crippen molar-refractivity contribution in [1.29, 1.82) is 0 Å². The van der Waals surface area contributed by atoms with Crippen LogP contribution in [-0.2, 0) is 4.79 Å². The summed E-state index contributed by atoms with van der Waals surface area (Å²) in [4.78, 5) is 22.4. The molecular formula is C15H11BrFNO3. The minimum absolute atomic E-state index is 0.124. The number of para-hydroxylation sites is 1. The van der Waals surface area contributed by atoms with Crippen molar-refractivity contribution in [2.75, 3.05) is 11.9 Å². The highest BCUT2D eigenvalue weighted by molar-refractivity contribution is 9.10. The lowest BCUT2D eigenvalue weighted by molar-refractivity contribution is -0.118. The third-order valence-corrected chi connectivity index (χ3v) is 3.24. The van der Waals surface area contributed by atoms with Gasteiger partial charge in [0.05, 0.1) is 5.69 Å². The molecule has 0 bridgehead atoms. The van der Waals surface area contributed by atoms with Crippen molar-refractivity contribution in [1.82, 2.24) is 0 Å². The average molecular weight is 352 g/mol. The Morgan fingerprint density at radius 3 is 2.76 bits per heavy atom. The number of hydrogen-bond donors (Lipinski definition) is 1. The maximum atomic E-state index is 13.2. The van der Waals surface area contributed by atoms with E-state index >= 15 is 0 Å². The molecule has 1 amide bonds. The normalized spacial score (nSPS) is 10.0. The number of aldehydes is 1. The predicted octanol–water partition coefficient (Wildman–Crippen LogP) is 3.42. The highest BCUT2D eigenvalue weighted by Gasteiger charge is 2.07. The Bertz CT molecular complexity index is 676. The monoisotopic (exact) mass is 351 g/mol. The first-order valence-corrected chi connectivity index (χ1v) is 6.81. The fraction of sp³-hybridized carbons (Fsp3) is 0.0667. The van der Waals surface area contributed by atoms with E-state index in [0.717, 1.165) is 16.6 Å². The van der Waals surface area contributed by atoms with Gasteiger partial charge in [0.25, 0.3) is 5.91 Å². The summed E-state index contributed by atoms with van der Waals surface area (Å²) in [6.45, 7) is -0.289. The van der Waals surface area contributed by atoms with E-state index in [1.54, 1.807) is 18.2 Å². The topological polar surface area (TPSA) is 55.4 Å². The van der Waals surface area contributed by atoms with Crippen LogP contribution in [0, 0.1) is 5.82 Å². The molecule has 0 atom stereocenters. The minimum atomic E-state index is -0.596. The van der Waals surface area contributed by atoms with Crippen LogP contribution in [0.1, 0.15) is 10.4 Å². The maximum absolute atomic E-state index is 13.2. The first kappa shape index (κ1) is 15.2. The number of ether oxygens (including phenoxy) is 1. The van der Waals surface area contributed by atoms with Crippen LogP contribution in [-0.4, -0.2) is 18.8 Å². The summed E-state index contributed by atoms with van der Waals surface area (Å²) < 4.78 is 19.1. The molecule has 0 saturated carbocycles. The van der Waals surface area contributed by atoms with Gasteiger partial charge in [-0.05, 0) is 40.2 Å². The second-order valence-corrected chi connectivity index (χ2v) is 5.01. The van der Waals surface area contributed by atoms with E-state index < -0.39 is 5.82 Å². The van der Waals surface area contributed by atoms with Crippen LogP contribution in [0.25, 0.3) is 0 Å². The molecule has 1 N–H and O–H groups in total. The van der Waals surface area contributed by atoms with Gasteiger partial charge in [0.1, 0.15) is 17.9 Å². The first-order chi connectivity index (χ1) is 10.1. The van der Waals surface area contributed by atoms with Crippen molar-refractivity contribution in [3.8, 4) is 5.75 Å². The second-order valence-electron chi connectivity index (χ2n) is 4.15. The summed E-state index contributed by atoms with van der Waals surface area (Å²) in [7, 11) is 0. The highest BCUT2D eigenvalue weighted by atomic mass is 79.9. The molecular weight excluding hydrogens is 341 g/mol. The zero-order valence-corrected chi connectivity index (χ0v) is 12.4. The molecule has 0 spiro atoms. The van der Waals surface area contributed by atoms with E-state index in [2.05, 4.69) is 21.2 Å². The third kappa shape index (κ3) is 4.39. The number of benzene rings is 2. The summed E-state index contributed by atoms with van der Waals surface area (Å²) in [6, 6.07) is 10.7. The molecule has 0 unspecified atom stereocenters. The molecule has 0 aliphatic carbocycles. The van der Waals surface area contributed by atoms with E-state index in [1.165, 1.54) is 6.07 Å². The molecule has 0 aromatic heterocycles. The van der Waals surface area contributed by atoms with Crippen molar-refractivity contribution in [3.05, 3.63) is 58.3 Å². The molecule has 0 radical (unpaired) electrons. The van der Waals surface area contributed by atoms with Gasteiger partial charge in [0, 0.05) is 16.1 Å². The predicted molar refractivity (Wildman–Crippen MR) is 80.1 cm³/mol. The number of anilines is 1. The van der Waals surface area contributed by atoms with Gasteiger partial charge in [0.15, 0.2) is 6.61 Å². The number of carbonyl (C=O) groups is 2. The summed E-state index contributed by atoms with van der Waals surface area (Å²) in [5.41, 5.74) is 0.759. The minimum Gasteiger partial charge on any atom is -0.484 e. The molecule has 2 aromatic rings. The fourth-order valence-electron chi connectivity index (χ4n) is 1.63. The lowest BCUT2D eigenvalue weighted by atomic mass is 10.2. The first-order valence-electron chi connectivity index (χ1n) is 6.01. The van der Waals surface area contributed by atoms with Gasteiger partial charge in [-0.25, -0.2) is 4.39 Å².